The normalized spacial score (nSPS) is 20.9. The van der Waals surface area contributed by atoms with Crippen LogP contribution in [0.3, 0.4) is 0 Å². The Balaban J connectivity index is 2.17. The van der Waals surface area contributed by atoms with E-state index < -0.39 is 0 Å². The van der Waals surface area contributed by atoms with Gasteiger partial charge < -0.3 is 15.2 Å². The van der Waals surface area contributed by atoms with Crippen molar-refractivity contribution >= 4 is 0 Å². The van der Waals surface area contributed by atoms with E-state index in [9.17, 15) is 5.11 Å². The van der Waals surface area contributed by atoms with Crippen molar-refractivity contribution in [2.75, 3.05) is 19.7 Å². The summed E-state index contributed by atoms with van der Waals surface area (Å²) in [6, 6.07) is 5.79. The summed E-state index contributed by atoms with van der Waals surface area (Å²) in [7, 11) is 0. The van der Waals surface area contributed by atoms with E-state index in [2.05, 4.69) is 18.3 Å². The van der Waals surface area contributed by atoms with Crippen molar-refractivity contribution in [3.05, 3.63) is 29.3 Å². The molecule has 88 valence electrons. The van der Waals surface area contributed by atoms with Gasteiger partial charge in [-0.15, -0.1) is 0 Å². The average Bonchev–Trinajstić information content (AvgIpc) is 2.33. The second-order valence-corrected chi connectivity index (χ2v) is 4.20. The zero-order valence-electron chi connectivity index (χ0n) is 9.70. The number of phenols is 1. The lowest BCUT2D eigenvalue weighted by atomic mass is 10.0. The van der Waals surface area contributed by atoms with Crippen molar-refractivity contribution in [3.8, 4) is 5.75 Å². The molecule has 1 fully saturated rings. The number of ether oxygens (including phenoxy) is 1. The molecule has 0 spiro atoms. The Kier molecular flexibility index (Phi) is 3.80. The van der Waals surface area contributed by atoms with E-state index in [-0.39, 0.29) is 6.10 Å². The molecule has 1 aromatic rings. The first kappa shape index (κ1) is 11.4. The van der Waals surface area contributed by atoms with Gasteiger partial charge in [-0.2, -0.15) is 0 Å². The molecule has 3 nitrogen and oxygen atoms in total. The highest BCUT2D eigenvalue weighted by molar-refractivity contribution is 5.37. The van der Waals surface area contributed by atoms with Gasteiger partial charge in [0.2, 0.25) is 0 Å². The summed E-state index contributed by atoms with van der Waals surface area (Å²) in [6.45, 7) is 4.66. The van der Waals surface area contributed by atoms with E-state index in [1.165, 1.54) is 0 Å². The maximum Gasteiger partial charge on any atom is 0.118 e. The second-order valence-electron chi connectivity index (χ2n) is 4.20. The molecule has 1 aliphatic rings. The fourth-order valence-corrected chi connectivity index (χ4v) is 2.05. The lowest BCUT2D eigenvalue weighted by molar-refractivity contribution is 0.0276. The standard InChI is InChI=1S/C13H19NO2/c1-2-3-10-8-11(4-5-12(10)15)13-9-14-6-7-16-13/h4-5,8,13-15H,2-3,6-7,9H2,1H3. The summed E-state index contributed by atoms with van der Waals surface area (Å²) in [5.41, 5.74) is 2.18. The molecule has 0 radical (unpaired) electrons. The van der Waals surface area contributed by atoms with Gasteiger partial charge in [0.25, 0.3) is 0 Å². The van der Waals surface area contributed by atoms with E-state index in [0.29, 0.717) is 5.75 Å². The molecule has 16 heavy (non-hydrogen) atoms. The lowest BCUT2D eigenvalue weighted by Crippen LogP contribution is -2.33. The van der Waals surface area contributed by atoms with Crippen LogP contribution in [0.25, 0.3) is 0 Å². The minimum Gasteiger partial charge on any atom is -0.508 e. The van der Waals surface area contributed by atoms with Gasteiger partial charge in [0.15, 0.2) is 0 Å². The topological polar surface area (TPSA) is 41.5 Å². The van der Waals surface area contributed by atoms with Gasteiger partial charge in [-0.1, -0.05) is 19.4 Å². The number of nitrogens with one attached hydrogen (secondary N) is 1. The number of aromatic hydroxyl groups is 1. The minimum absolute atomic E-state index is 0.130. The van der Waals surface area contributed by atoms with E-state index in [1.807, 2.05) is 6.07 Å². The van der Waals surface area contributed by atoms with Gasteiger partial charge >= 0.3 is 0 Å². The molecular weight excluding hydrogens is 202 g/mol. The van der Waals surface area contributed by atoms with Gasteiger partial charge in [-0.3, -0.25) is 0 Å². The van der Waals surface area contributed by atoms with Crippen LogP contribution in [0.5, 0.6) is 5.75 Å². The molecule has 1 aliphatic heterocycles. The van der Waals surface area contributed by atoms with Gasteiger partial charge in [0.1, 0.15) is 5.75 Å². The molecule has 1 unspecified atom stereocenters. The van der Waals surface area contributed by atoms with Gasteiger partial charge in [0.05, 0.1) is 12.7 Å². The summed E-state index contributed by atoms with van der Waals surface area (Å²) in [5, 5.41) is 13.0. The molecule has 2 rings (SSSR count). The molecule has 0 aromatic heterocycles. The van der Waals surface area contributed by atoms with Crippen LogP contribution >= 0.6 is 0 Å². The van der Waals surface area contributed by atoms with Crippen molar-refractivity contribution in [3.63, 3.8) is 0 Å². The monoisotopic (exact) mass is 221 g/mol. The summed E-state index contributed by atoms with van der Waals surface area (Å²) < 4.78 is 5.69. The summed E-state index contributed by atoms with van der Waals surface area (Å²) in [6.07, 6.45) is 2.09. The highest BCUT2D eigenvalue weighted by Crippen LogP contribution is 2.25. The van der Waals surface area contributed by atoms with Crippen molar-refractivity contribution in [1.82, 2.24) is 5.32 Å². The maximum atomic E-state index is 9.71. The highest BCUT2D eigenvalue weighted by Gasteiger charge is 2.16. The molecule has 3 heteroatoms. The first-order valence-electron chi connectivity index (χ1n) is 5.95. The molecular formula is C13H19NO2. The maximum absolute atomic E-state index is 9.71. The average molecular weight is 221 g/mol. The molecule has 1 saturated heterocycles. The molecule has 1 aromatic carbocycles. The zero-order chi connectivity index (χ0) is 11.4. The number of benzene rings is 1. The molecule has 2 N–H and O–H groups in total. The Morgan fingerprint density at radius 3 is 3.06 bits per heavy atom. The number of hydrogen-bond acceptors (Lipinski definition) is 3. The van der Waals surface area contributed by atoms with Crippen LogP contribution in [0.2, 0.25) is 0 Å². The summed E-state index contributed by atoms with van der Waals surface area (Å²) in [5.74, 6) is 0.398. The number of phenolic OH excluding ortho intramolecular Hbond substituents is 1. The Morgan fingerprint density at radius 1 is 1.50 bits per heavy atom. The van der Waals surface area contributed by atoms with Gasteiger partial charge in [0, 0.05) is 13.1 Å². The third kappa shape index (κ3) is 2.54. The van der Waals surface area contributed by atoms with Crippen LogP contribution in [0.15, 0.2) is 18.2 Å². The van der Waals surface area contributed by atoms with Gasteiger partial charge in [-0.25, -0.2) is 0 Å². The third-order valence-corrected chi connectivity index (χ3v) is 2.92. The highest BCUT2D eigenvalue weighted by atomic mass is 16.5. The predicted octanol–water partition coefficient (Wildman–Crippen LogP) is 2.01. The van der Waals surface area contributed by atoms with Crippen molar-refractivity contribution < 1.29 is 9.84 Å². The van der Waals surface area contributed by atoms with Crippen LogP contribution < -0.4 is 5.32 Å². The van der Waals surface area contributed by atoms with E-state index in [0.717, 1.165) is 43.7 Å². The largest absolute Gasteiger partial charge is 0.508 e. The van der Waals surface area contributed by atoms with Crippen LogP contribution in [0, 0.1) is 0 Å². The summed E-state index contributed by atoms with van der Waals surface area (Å²) in [4.78, 5) is 0. The second kappa shape index (κ2) is 5.32. The third-order valence-electron chi connectivity index (χ3n) is 2.92. The quantitative estimate of drug-likeness (QED) is 0.820. The Morgan fingerprint density at radius 2 is 2.38 bits per heavy atom. The van der Waals surface area contributed by atoms with Crippen LogP contribution in [0.1, 0.15) is 30.6 Å². The van der Waals surface area contributed by atoms with Crippen molar-refractivity contribution in [1.29, 1.82) is 0 Å². The fraction of sp³-hybridized carbons (Fsp3) is 0.538. The first-order valence-corrected chi connectivity index (χ1v) is 5.95. The van der Waals surface area contributed by atoms with E-state index in [4.69, 9.17) is 4.74 Å². The molecule has 1 atom stereocenters. The number of rotatable bonds is 3. The van der Waals surface area contributed by atoms with Crippen LogP contribution in [0.4, 0.5) is 0 Å². The van der Waals surface area contributed by atoms with Gasteiger partial charge in [-0.05, 0) is 29.7 Å². The lowest BCUT2D eigenvalue weighted by Gasteiger charge is -2.24. The van der Waals surface area contributed by atoms with E-state index >= 15 is 0 Å². The molecule has 0 aliphatic carbocycles. The Hall–Kier alpha value is -1.06. The molecule has 0 saturated carbocycles. The Labute approximate surface area is 96.4 Å². The van der Waals surface area contributed by atoms with Crippen molar-refractivity contribution in [2.24, 2.45) is 0 Å². The number of aryl methyl sites for hydroxylation is 1. The van der Waals surface area contributed by atoms with Crippen molar-refractivity contribution in [2.45, 2.75) is 25.9 Å². The Bertz CT molecular complexity index is 346. The first-order chi connectivity index (χ1) is 7.81. The minimum atomic E-state index is 0.130. The number of morpholine rings is 1. The predicted molar refractivity (Wildman–Crippen MR) is 63.7 cm³/mol. The summed E-state index contributed by atoms with van der Waals surface area (Å²) >= 11 is 0. The molecule has 0 bridgehead atoms. The zero-order valence-corrected chi connectivity index (χ0v) is 9.70. The molecule has 1 heterocycles. The smallest absolute Gasteiger partial charge is 0.118 e. The fourth-order valence-electron chi connectivity index (χ4n) is 2.05. The number of hydrogen-bond donors (Lipinski definition) is 2. The SMILES string of the molecule is CCCc1cc(C2CNCCO2)ccc1O. The van der Waals surface area contributed by atoms with Crippen LogP contribution in [-0.2, 0) is 11.2 Å². The van der Waals surface area contributed by atoms with Crippen LogP contribution in [-0.4, -0.2) is 24.8 Å². The van der Waals surface area contributed by atoms with E-state index in [1.54, 1.807) is 6.07 Å². The molecule has 0 amide bonds.